The van der Waals surface area contributed by atoms with Crippen LogP contribution >= 0.6 is 0 Å². The first-order valence-corrected chi connectivity index (χ1v) is 9.65. The van der Waals surface area contributed by atoms with Crippen molar-refractivity contribution in [2.45, 2.75) is 50.6 Å². The van der Waals surface area contributed by atoms with Crippen LogP contribution in [0.2, 0.25) is 0 Å². The third-order valence-corrected chi connectivity index (χ3v) is 7.01. The van der Waals surface area contributed by atoms with Crippen LogP contribution in [-0.4, -0.2) is 84.3 Å². The first-order valence-electron chi connectivity index (χ1n) is 9.65. The molecule has 2 aliphatic carbocycles. The van der Waals surface area contributed by atoms with E-state index >= 15 is 0 Å². The molecule has 2 heterocycles. The molecule has 0 aromatic rings. The van der Waals surface area contributed by atoms with Gasteiger partial charge >= 0.3 is 0 Å². The van der Waals surface area contributed by atoms with Crippen LogP contribution in [0.1, 0.15) is 38.5 Å². The van der Waals surface area contributed by atoms with Crippen molar-refractivity contribution >= 4 is 0 Å². The van der Waals surface area contributed by atoms with Gasteiger partial charge in [-0.05, 0) is 57.0 Å². The van der Waals surface area contributed by atoms with Crippen LogP contribution in [0.25, 0.3) is 0 Å². The van der Waals surface area contributed by atoms with Gasteiger partial charge in [0, 0.05) is 44.8 Å². The van der Waals surface area contributed by atoms with Crippen LogP contribution < -0.4 is 0 Å². The number of aliphatic hydroxyl groups is 1. The number of piperidine rings is 1. The quantitative estimate of drug-likeness (QED) is 0.847. The minimum absolute atomic E-state index is 0.307. The summed E-state index contributed by atoms with van der Waals surface area (Å²) in [4.78, 5) is 7.98. The number of fused-ring (bicyclic) bond motifs is 2. The lowest BCUT2D eigenvalue weighted by molar-refractivity contribution is 0.0345. The van der Waals surface area contributed by atoms with E-state index in [-0.39, 0.29) is 0 Å². The van der Waals surface area contributed by atoms with Gasteiger partial charge in [0.25, 0.3) is 0 Å². The molecule has 0 amide bonds. The zero-order chi connectivity index (χ0) is 14.9. The maximum absolute atomic E-state index is 9.05. The Morgan fingerprint density at radius 3 is 2.14 bits per heavy atom. The number of rotatable bonds is 4. The fourth-order valence-corrected chi connectivity index (χ4v) is 5.73. The molecule has 4 aliphatic rings. The van der Waals surface area contributed by atoms with E-state index in [2.05, 4.69) is 14.7 Å². The normalized spacial score (nSPS) is 38.9. The van der Waals surface area contributed by atoms with Crippen molar-refractivity contribution < 1.29 is 5.11 Å². The Morgan fingerprint density at radius 2 is 1.55 bits per heavy atom. The molecule has 4 heteroatoms. The molecule has 4 rings (SSSR count). The topological polar surface area (TPSA) is 30.0 Å². The van der Waals surface area contributed by atoms with Crippen LogP contribution in [0, 0.1) is 11.8 Å². The van der Waals surface area contributed by atoms with E-state index in [1.54, 1.807) is 0 Å². The van der Waals surface area contributed by atoms with Gasteiger partial charge in [-0.15, -0.1) is 0 Å². The summed E-state index contributed by atoms with van der Waals surface area (Å²) in [6.45, 7) is 8.56. The summed E-state index contributed by atoms with van der Waals surface area (Å²) in [6, 6.07) is 1.77. The molecule has 4 fully saturated rings. The number of likely N-dealkylation sites (tertiary alicyclic amines) is 1. The first kappa shape index (κ1) is 15.4. The minimum atomic E-state index is 0.307. The second-order valence-electron chi connectivity index (χ2n) is 8.11. The van der Waals surface area contributed by atoms with Gasteiger partial charge < -0.3 is 5.11 Å². The summed E-state index contributed by atoms with van der Waals surface area (Å²) in [7, 11) is 0. The van der Waals surface area contributed by atoms with Crippen LogP contribution in [0.3, 0.4) is 0 Å². The Hall–Kier alpha value is -0.160. The summed E-state index contributed by atoms with van der Waals surface area (Å²) < 4.78 is 0. The molecule has 0 aromatic carbocycles. The molecule has 22 heavy (non-hydrogen) atoms. The zero-order valence-electron chi connectivity index (χ0n) is 14.0. The third-order valence-electron chi connectivity index (χ3n) is 7.01. The molecule has 4 nitrogen and oxygen atoms in total. The number of hydrogen-bond donors (Lipinski definition) is 1. The standard InChI is InChI=1S/C18H33N3O/c22-12-11-19-7-9-20(10-8-19)17-3-5-21(6-4-17)18-14-15-1-2-16(18)13-15/h15-18,22H,1-14H2/t15-,16+,18-/m1/s1. The highest BCUT2D eigenvalue weighted by Gasteiger charge is 2.43. The number of hydrogen-bond acceptors (Lipinski definition) is 4. The molecule has 2 aliphatic heterocycles. The molecule has 2 saturated carbocycles. The molecule has 0 spiro atoms. The highest BCUT2D eigenvalue weighted by Crippen LogP contribution is 2.47. The minimum Gasteiger partial charge on any atom is -0.395 e. The Morgan fingerprint density at radius 1 is 0.773 bits per heavy atom. The fraction of sp³-hybridized carbons (Fsp3) is 1.00. The van der Waals surface area contributed by atoms with Crippen molar-refractivity contribution in [3.8, 4) is 0 Å². The molecule has 0 unspecified atom stereocenters. The average Bonchev–Trinajstić information content (AvgIpc) is 3.19. The van der Waals surface area contributed by atoms with Crippen molar-refractivity contribution in [1.82, 2.24) is 14.7 Å². The van der Waals surface area contributed by atoms with Gasteiger partial charge in [0.1, 0.15) is 0 Å². The van der Waals surface area contributed by atoms with E-state index in [9.17, 15) is 0 Å². The van der Waals surface area contributed by atoms with Crippen LogP contribution in [-0.2, 0) is 0 Å². The maximum atomic E-state index is 9.05. The Labute approximate surface area is 135 Å². The lowest BCUT2D eigenvalue weighted by Crippen LogP contribution is -2.54. The van der Waals surface area contributed by atoms with Crippen molar-refractivity contribution in [3.63, 3.8) is 0 Å². The molecular formula is C18H33N3O. The van der Waals surface area contributed by atoms with Crippen molar-refractivity contribution in [1.29, 1.82) is 0 Å². The Kier molecular flexibility index (Phi) is 4.72. The molecular weight excluding hydrogens is 274 g/mol. The highest BCUT2D eigenvalue weighted by atomic mass is 16.3. The van der Waals surface area contributed by atoms with E-state index in [4.69, 9.17) is 5.11 Å². The van der Waals surface area contributed by atoms with Gasteiger partial charge in [0.15, 0.2) is 0 Å². The van der Waals surface area contributed by atoms with Gasteiger partial charge in [-0.2, -0.15) is 0 Å². The van der Waals surface area contributed by atoms with E-state index in [1.807, 2.05) is 0 Å². The first-order chi connectivity index (χ1) is 10.8. The van der Waals surface area contributed by atoms with E-state index in [1.165, 1.54) is 64.7 Å². The van der Waals surface area contributed by atoms with Gasteiger partial charge in [-0.1, -0.05) is 6.42 Å². The van der Waals surface area contributed by atoms with Crippen molar-refractivity contribution in [2.24, 2.45) is 11.8 Å². The Bertz CT molecular complexity index is 361. The zero-order valence-corrected chi connectivity index (χ0v) is 14.0. The van der Waals surface area contributed by atoms with E-state index in [0.29, 0.717) is 6.61 Å². The monoisotopic (exact) mass is 307 g/mol. The highest BCUT2D eigenvalue weighted by molar-refractivity contribution is 4.97. The second-order valence-corrected chi connectivity index (χ2v) is 8.11. The predicted octanol–water partition coefficient (Wildman–Crippen LogP) is 1.25. The maximum Gasteiger partial charge on any atom is 0.0558 e. The second kappa shape index (κ2) is 6.76. The van der Waals surface area contributed by atoms with Gasteiger partial charge in [-0.25, -0.2) is 0 Å². The average molecular weight is 307 g/mol. The molecule has 0 aromatic heterocycles. The summed E-state index contributed by atoms with van der Waals surface area (Å²) in [5, 5.41) is 9.05. The molecule has 1 N–H and O–H groups in total. The Balaban J connectivity index is 1.23. The molecule has 2 bridgehead atoms. The SMILES string of the molecule is OCCN1CCN(C2CCN([C@@H]3C[C@@H]4CC[C@H]3C4)CC2)CC1. The molecule has 2 saturated heterocycles. The lowest BCUT2D eigenvalue weighted by atomic mass is 9.91. The van der Waals surface area contributed by atoms with Crippen LogP contribution in [0.5, 0.6) is 0 Å². The number of β-amino-alcohol motifs (C(OH)–C–C–N with tert-alkyl or cyclic N) is 1. The number of nitrogens with zero attached hydrogens (tertiary/aromatic N) is 3. The van der Waals surface area contributed by atoms with Crippen LogP contribution in [0.15, 0.2) is 0 Å². The van der Waals surface area contributed by atoms with Gasteiger partial charge in [-0.3, -0.25) is 14.7 Å². The molecule has 126 valence electrons. The smallest absolute Gasteiger partial charge is 0.0558 e. The lowest BCUT2D eigenvalue weighted by Gasteiger charge is -2.45. The summed E-state index contributed by atoms with van der Waals surface area (Å²) in [5.41, 5.74) is 0. The largest absolute Gasteiger partial charge is 0.395 e. The van der Waals surface area contributed by atoms with Crippen molar-refractivity contribution in [2.75, 3.05) is 52.4 Å². The summed E-state index contributed by atoms with van der Waals surface area (Å²) >= 11 is 0. The summed E-state index contributed by atoms with van der Waals surface area (Å²) in [5.74, 6) is 2.12. The predicted molar refractivity (Wildman–Crippen MR) is 88.9 cm³/mol. The van der Waals surface area contributed by atoms with Gasteiger partial charge in [0.05, 0.1) is 6.61 Å². The molecule has 0 radical (unpaired) electrons. The fourth-order valence-electron chi connectivity index (χ4n) is 5.73. The van der Waals surface area contributed by atoms with E-state index < -0.39 is 0 Å². The van der Waals surface area contributed by atoms with Crippen LogP contribution in [0.4, 0.5) is 0 Å². The third kappa shape index (κ3) is 3.08. The molecule has 3 atom stereocenters. The summed E-state index contributed by atoms with van der Waals surface area (Å²) in [6.07, 6.45) is 8.85. The number of aliphatic hydroxyl groups excluding tert-OH is 1. The number of piperazine rings is 1. The van der Waals surface area contributed by atoms with E-state index in [0.717, 1.165) is 43.6 Å². The van der Waals surface area contributed by atoms with Gasteiger partial charge in [0.2, 0.25) is 0 Å². The van der Waals surface area contributed by atoms with Crippen molar-refractivity contribution in [3.05, 3.63) is 0 Å².